The van der Waals surface area contributed by atoms with Gasteiger partial charge < -0.3 is 10.0 Å². The summed E-state index contributed by atoms with van der Waals surface area (Å²) in [5.41, 5.74) is -1.78. The lowest BCUT2D eigenvalue weighted by Gasteiger charge is -2.36. The van der Waals surface area contributed by atoms with E-state index in [1.807, 2.05) is 0 Å². The first kappa shape index (κ1) is 21.8. The number of carboxylic acid groups (broad SMARTS) is 1. The Morgan fingerprint density at radius 2 is 1.79 bits per heavy atom. The van der Waals surface area contributed by atoms with Crippen LogP contribution in [-0.4, -0.2) is 71.4 Å². The second-order valence-corrected chi connectivity index (χ2v) is 8.05. The van der Waals surface area contributed by atoms with Gasteiger partial charge >= 0.3 is 12.1 Å². The summed E-state index contributed by atoms with van der Waals surface area (Å²) in [5, 5.41) is 9.36. The lowest BCUT2D eigenvalue weighted by molar-refractivity contribution is -0.157. The van der Waals surface area contributed by atoms with Crippen LogP contribution in [0.15, 0.2) is 24.3 Å². The molecule has 1 N–H and O–H groups in total. The Balaban J connectivity index is 1.79. The summed E-state index contributed by atoms with van der Waals surface area (Å²) in [4.78, 5) is 26.7. The molecule has 1 aromatic carbocycles. The van der Waals surface area contributed by atoms with Crippen LogP contribution in [0, 0.1) is 5.92 Å². The quantitative estimate of drug-likeness (QED) is 0.735. The molecule has 2 aliphatic rings. The van der Waals surface area contributed by atoms with Crippen molar-refractivity contribution >= 4 is 23.5 Å². The highest BCUT2D eigenvalue weighted by molar-refractivity contribution is 6.31. The van der Waals surface area contributed by atoms with Crippen molar-refractivity contribution in [2.24, 2.45) is 5.92 Å². The first-order valence-electron chi connectivity index (χ1n) is 9.25. The number of rotatable bonds is 4. The number of alkyl halides is 4. The molecule has 160 valence electrons. The van der Waals surface area contributed by atoms with Crippen LogP contribution in [0.4, 0.5) is 17.6 Å². The molecule has 2 fully saturated rings. The Hall–Kier alpha value is -1.87. The molecule has 1 amide bonds. The van der Waals surface area contributed by atoms with Crippen LogP contribution in [-0.2, 0) is 9.59 Å². The first-order valence-corrected chi connectivity index (χ1v) is 9.62. The standard InChI is InChI=1S/C19H21ClF4N2O3/c20-15-4-2-1-3-12(15)13-9-25(11-19(22,23)24)10-14(13)16(27)26-7-5-18(21,6-8-26)17(28)29/h1-4,13-14H,5-11H2,(H,28,29)/t13-,14-/m0/s1. The highest BCUT2D eigenvalue weighted by Crippen LogP contribution is 2.39. The monoisotopic (exact) mass is 436 g/mol. The highest BCUT2D eigenvalue weighted by Gasteiger charge is 2.47. The molecule has 2 atom stereocenters. The van der Waals surface area contributed by atoms with E-state index in [4.69, 9.17) is 16.7 Å². The molecule has 10 heteroatoms. The SMILES string of the molecule is O=C([C@H]1CN(CC(F)(F)F)C[C@H]1c1ccccc1Cl)N1CCC(F)(C(=O)O)CC1. The van der Waals surface area contributed by atoms with Gasteiger partial charge in [0.1, 0.15) is 0 Å². The second-order valence-electron chi connectivity index (χ2n) is 7.64. The molecular weight excluding hydrogens is 416 g/mol. The van der Waals surface area contributed by atoms with Crippen molar-refractivity contribution in [1.29, 1.82) is 0 Å². The fourth-order valence-electron chi connectivity index (χ4n) is 4.14. The fourth-order valence-corrected chi connectivity index (χ4v) is 4.41. The van der Waals surface area contributed by atoms with Gasteiger partial charge in [0, 0.05) is 50.0 Å². The summed E-state index contributed by atoms with van der Waals surface area (Å²) in [6.07, 6.45) is -5.09. The van der Waals surface area contributed by atoms with Crippen molar-refractivity contribution < 1.29 is 32.3 Å². The van der Waals surface area contributed by atoms with E-state index in [-0.39, 0.29) is 39.0 Å². The minimum Gasteiger partial charge on any atom is -0.479 e. The lowest BCUT2D eigenvalue weighted by atomic mass is 9.86. The van der Waals surface area contributed by atoms with Crippen LogP contribution < -0.4 is 0 Å². The zero-order valence-electron chi connectivity index (χ0n) is 15.5. The number of benzene rings is 1. The topological polar surface area (TPSA) is 60.9 Å². The number of carbonyl (C=O) groups excluding carboxylic acids is 1. The van der Waals surface area contributed by atoms with Gasteiger partial charge in [-0.2, -0.15) is 13.2 Å². The van der Waals surface area contributed by atoms with Gasteiger partial charge in [0.2, 0.25) is 11.6 Å². The van der Waals surface area contributed by atoms with E-state index in [0.29, 0.717) is 10.6 Å². The second kappa shape index (κ2) is 8.10. The van der Waals surface area contributed by atoms with Gasteiger partial charge in [-0.1, -0.05) is 29.8 Å². The average molecular weight is 437 g/mol. The number of piperidine rings is 1. The number of carbonyl (C=O) groups is 2. The molecule has 29 heavy (non-hydrogen) atoms. The molecule has 0 bridgehead atoms. The van der Waals surface area contributed by atoms with Crippen molar-refractivity contribution in [3.63, 3.8) is 0 Å². The van der Waals surface area contributed by atoms with Crippen molar-refractivity contribution in [2.45, 2.75) is 30.6 Å². The molecule has 0 spiro atoms. The van der Waals surface area contributed by atoms with E-state index in [2.05, 4.69) is 0 Å². The number of likely N-dealkylation sites (tertiary alicyclic amines) is 2. The van der Waals surface area contributed by atoms with Crippen molar-refractivity contribution in [1.82, 2.24) is 9.80 Å². The number of amides is 1. The summed E-state index contributed by atoms with van der Waals surface area (Å²) < 4.78 is 53.0. The number of hydrogen-bond donors (Lipinski definition) is 1. The van der Waals surface area contributed by atoms with Gasteiger partial charge in [-0.15, -0.1) is 0 Å². The van der Waals surface area contributed by atoms with Crippen LogP contribution >= 0.6 is 11.6 Å². The molecule has 0 radical (unpaired) electrons. The van der Waals surface area contributed by atoms with Gasteiger partial charge in [0.15, 0.2) is 0 Å². The average Bonchev–Trinajstić information content (AvgIpc) is 3.03. The fraction of sp³-hybridized carbons (Fsp3) is 0.579. The Labute approximate surface area is 170 Å². The maximum Gasteiger partial charge on any atom is 0.401 e. The molecule has 5 nitrogen and oxygen atoms in total. The van der Waals surface area contributed by atoms with E-state index in [1.54, 1.807) is 24.3 Å². The molecule has 0 aliphatic carbocycles. The van der Waals surface area contributed by atoms with Gasteiger partial charge in [0.25, 0.3) is 0 Å². The molecule has 3 rings (SSSR count). The third kappa shape index (κ3) is 4.83. The number of halogens is 5. The Kier molecular flexibility index (Phi) is 6.10. The number of hydrogen-bond acceptors (Lipinski definition) is 3. The summed E-state index contributed by atoms with van der Waals surface area (Å²) >= 11 is 6.23. The van der Waals surface area contributed by atoms with E-state index in [9.17, 15) is 27.2 Å². The van der Waals surface area contributed by atoms with Crippen molar-refractivity contribution in [3.05, 3.63) is 34.9 Å². The maximum atomic E-state index is 14.3. The summed E-state index contributed by atoms with van der Waals surface area (Å²) in [7, 11) is 0. The van der Waals surface area contributed by atoms with Gasteiger partial charge in [-0.3, -0.25) is 9.69 Å². The van der Waals surface area contributed by atoms with Crippen LogP contribution in [0.25, 0.3) is 0 Å². The van der Waals surface area contributed by atoms with Crippen LogP contribution in [0.3, 0.4) is 0 Å². The first-order chi connectivity index (χ1) is 13.5. The largest absolute Gasteiger partial charge is 0.479 e. The maximum absolute atomic E-state index is 14.3. The normalized spacial score (nSPS) is 25.2. The predicted octanol–water partition coefficient (Wildman–Crippen LogP) is 3.33. The summed E-state index contributed by atoms with van der Waals surface area (Å²) in [5.74, 6) is -3.26. The Morgan fingerprint density at radius 1 is 1.17 bits per heavy atom. The Morgan fingerprint density at radius 3 is 2.34 bits per heavy atom. The van der Waals surface area contributed by atoms with E-state index in [1.165, 1.54) is 9.80 Å². The summed E-state index contributed by atoms with van der Waals surface area (Å²) in [6.45, 7) is -1.39. The van der Waals surface area contributed by atoms with Crippen LogP contribution in [0.1, 0.15) is 24.3 Å². The van der Waals surface area contributed by atoms with E-state index >= 15 is 0 Å². The van der Waals surface area contributed by atoms with Gasteiger partial charge in [-0.05, 0) is 11.6 Å². The third-order valence-corrected chi connectivity index (χ3v) is 6.02. The zero-order valence-corrected chi connectivity index (χ0v) is 16.2. The van der Waals surface area contributed by atoms with Crippen LogP contribution in [0.2, 0.25) is 5.02 Å². The zero-order chi connectivity index (χ0) is 21.4. The molecule has 2 aliphatic heterocycles. The number of carboxylic acids is 1. The van der Waals surface area contributed by atoms with Crippen molar-refractivity contribution in [3.8, 4) is 0 Å². The molecule has 1 aromatic rings. The molecular formula is C19H21ClF4N2O3. The molecule has 2 saturated heterocycles. The molecule has 2 heterocycles. The highest BCUT2D eigenvalue weighted by atomic mass is 35.5. The third-order valence-electron chi connectivity index (χ3n) is 5.67. The number of nitrogens with zero attached hydrogens (tertiary/aromatic N) is 2. The summed E-state index contributed by atoms with van der Waals surface area (Å²) in [6, 6.07) is 6.72. The van der Waals surface area contributed by atoms with E-state index < -0.39 is 42.1 Å². The predicted molar refractivity (Wildman–Crippen MR) is 97.5 cm³/mol. The van der Waals surface area contributed by atoms with Gasteiger partial charge in [0.05, 0.1) is 12.5 Å². The Bertz CT molecular complexity index is 781. The minimum absolute atomic E-state index is 0.0235. The molecule has 0 unspecified atom stereocenters. The lowest BCUT2D eigenvalue weighted by Crippen LogP contribution is -2.50. The molecule has 0 aromatic heterocycles. The van der Waals surface area contributed by atoms with Gasteiger partial charge in [-0.25, -0.2) is 9.18 Å². The molecule has 0 saturated carbocycles. The van der Waals surface area contributed by atoms with Crippen LogP contribution in [0.5, 0.6) is 0 Å². The number of aliphatic carboxylic acids is 1. The van der Waals surface area contributed by atoms with Crippen molar-refractivity contribution in [2.75, 3.05) is 32.7 Å². The smallest absolute Gasteiger partial charge is 0.401 e. The van der Waals surface area contributed by atoms with E-state index in [0.717, 1.165) is 0 Å². The minimum atomic E-state index is -4.40.